The molecule has 2 N–H and O–H groups in total. The van der Waals surface area contributed by atoms with E-state index < -0.39 is 0 Å². The summed E-state index contributed by atoms with van der Waals surface area (Å²) in [5, 5.41) is 10.7. The Bertz CT molecular complexity index is 839. The smallest absolute Gasteiger partial charge is 0.191 e. The van der Waals surface area contributed by atoms with Crippen molar-refractivity contribution in [3.8, 4) is 0 Å². The lowest BCUT2D eigenvalue weighted by atomic mass is 10.1. The number of hydrogen-bond donors (Lipinski definition) is 2. The molecule has 176 valence electrons. The number of hydrogen-bond acceptors (Lipinski definition) is 5. The van der Waals surface area contributed by atoms with Crippen molar-refractivity contribution in [2.45, 2.75) is 45.0 Å². The van der Waals surface area contributed by atoms with Gasteiger partial charge in [-0.05, 0) is 48.4 Å². The average molecular weight is 570 g/mol. The normalized spacial score (nSPS) is 20.6. The highest BCUT2D eigenvalue weighted by molar-refractivity contribution is 14.0. The molecule has 2 aliphatic heterocycles. The molecule has 1 atom stereocenters. The van der Waals surface area contributed by atoms with Gasteiger partial charge in [0.1, 0.15) is 0 Å². The first-order valence-electron chi connectivity index (χ1n) is 11.4. The molecule has 1 aromatic heterocycles. The lowest BCUT2D eigenvalue weighted by molar-refractivity contribution is -0.0212. The van der Waals surface area contributed by atoms with Gasteiger partial charge in [-0.2, -0.15) is 0 Å². The molecule has 0 amide bonds. The van der Waals surface area contributed by atoms with E-state index in [1.165, 1.54) is 16.1 Å². The van der Waals surface area contributed by atoms with Crippen LogP contribution in [0.25, 0.3) is 0 Å². The highest BCUT2D eigenvalue weighted by Gasteiger charge is 2.21. The molecule has 2 aliphatic rings. The Hall–Kier alpha value is -1.36. The van der Waals surface area contributed by atoms with Crippen molar-refractivity contribution in [1.29, 1.82) is 0 Å². The zero-order chi connectivity index (χ0) is 21.5. The molecule has 1 aromatic carbocycles. The van der Waals surface area contributed by atoms with Gasteiger partial charge in [-0.15, -0.1) is 35.3 Å². The number of rotatable bonds is 6. The number of nitrogens with one attached hydrogen (secondary N) is 2. The van der Waals surface area contributed by atoms with Crippen LogP contribution in [0.15, 0.2) is 46.8 Å². The maximum absolute atomic E-state index is 5.66. The van der Waals surface area contributed by atoms with Gasteiger partial charge in [0.15, 0.2) is 5.96 Å². The summed E-state index contributed by atoms with van der Waals surface area (Å²) in [4.78, 5) is 9.41. The molecule has 0 aliphatic carbocycles. The summed E-state index contributed by atoms with van der Waals surface area (Å²) in [6, 6.07) is 13.7. The predicted molar refractivity (Wildman–Crippen MR) is 145 cm³/mol. The highest BCUT2D eigenvalue weighted by Crippen LogP contribution is 2.24. The lowest BCUT2D eigenvalue weighted by Gasteiger charge is -2.33. The number of halogens is 1. The fourth-order valence-corrected chi connectivity index (χ4v) is 5.18. The Morgan fingerprint density at radius 2 is 1.97 bits per heavy atom. The number of morpholine rings is 1. The Kier molecular flexibility index (Phi) is 10.1. The van der Waals surface area contributed by atoms with Gasteiger partial charge in [0, 0.05) is 52.4 Å². The third-order valence-corrected chi connectivity index (χ3v) is 6.99. The SMILES string of the molecule is CN=C(NCc1cccc(CN2CCOC(C)C2)c1)NC1CCN(c2cccs2)CC1.I. The van der Waals surface area contributed by atoms with Crippen molar-refractivity contribution in [2.75, 3.05) is 44.7 Å². The average Bonchev–Trinajstić information content (AvgIpc) is 3.32. The summed E-state index contributed by atoms with van der Waals surface area (Å²) in [6.45, 7) is 8.94. The predicted octanol–water partition coefficient (Wildman–Crippen LogP) is 3.92. The van der Waals surface area contributed by atoms with E-state index in [0.29, 0.717) is 12.1 Å². The Morgan fingerprint density at radius 1 is 1.16 bits per heavy atom. The van der Waals surface area contributed by atoms with Crippen LogP contribution in [0.5, 0.6) is 0 Å². The topological polar surface area (TPSA) is 52.1 Å². The fourth-order valence-electron chi connectivity index (χ4n) is 4.40. The quantitative estimate of drug-likeness (QED) is 0.314. The van der Waals surface area contributed by atoms with Crippen LogP contribution in [0.2, 0.25) is 0 Å². The highest BCUT2D eigenvalue weighted by atomic mass is 127. The maximum atomic E-state index is 5.66. The minimum Gasteiger partial charge on any atom is -0.376 e. The third kappa shape index (κ3) is 7.33. The minimum atomic E-state index is 0. The summed E-state index contributed by atoms with van der Waals surface area (Å²) < 4.78 is 5.66. The summed E-state index contributed by atoms with van der Waals surface area (Å²) in [6.07, 6.45) is 2.59. The summed E-state index contributed by atoms with van der Waals surface area (Å²) >= 11 is 1.83. The van der Waals surface area contributed by atoms with Crippen molar-refractivity contribution in [1.82, 2.24) is 15.5 Å². The number of nitrogens with zero attached hydrogens (tertiary/aromatic N) is 3. The van der Waals surface area contributed by atoms with E-state index in [0.717, 1.165) is 64.7 Å². The second-order valence-electron chi connectivity index (χ2n) is 8.52. The number of piperidine rings is 1. The van der Waals surface area contributed by atoms with Crippen molar-refractivity contribution >= 4 is 46.3 Å². The minimum absolute atomic E-state index is 0. The molecule has 2 fully saturated rings. The van der Waals surface area contributed by atoms with Crippen LogP contribution < -0.4 is 15.5 Å². The van der Waals surface area contributed by atoms with Gasteiger partial charge < -0.3 is 20.3 Å². The van der Waals surface area contributed by atoms with Crippen LogP contribution in [0.3, 0.4) is 0 Å². The standard InChI is InChI=1S/C24H35N5OS.HI/c1-19-17-28(12-13-30-19)18-21-6-3-5-20(15-21)16-26-24(25-2)27-22-8-10-29(11-9-22)23-7-4-14-31-23;/h3-7,14-15,19,22H,8-13,16-18H2,1-2H3,(H2,25,26,27);1H. The molecule has 6 nitrogen and oxygen atoms in total. The van der Waals surface area contributed by atoms with Gasteiger partial charge in [-0.1, -0.05) is 24.3 Å². The molecule has 2 saturated heterocycles. The van der Waals surface area contributed by atoms with Crippen molar-refractivity contribution in [2.24, 2.45) is 4.99 Å². The van der Waals surface area contributed by atoms with Crippen molar-refractivity contribution < 1.29 is 4.74 Å². The maximum Gasteiger partial charge on any atom is 0.191 e. The molecule has 4 rings (SSSR count). The van der Waals surface area contributed by atoms with Gasteiger partial charge in [-0.3, -0.25) is 9.89 Å². The van der Waals surface area contributed by atoms with E-state index in [2.05, 4.69) is 74.1 Å². The van der Waals surface area contributed by atoms with Gasteiger partial charge in [0.05, 0.1) is 17.7 Å². The van der Waals surface area contributed by atoms with E-state index in [1.807, 2.05) is 18.4 Å². The number of aliphatic imine (C=N–C) groups is 1. The van der Waals surface area contributed by atoms with Gasteiger partial charge in [0.25, 0.3) is 0 Å². The largest absolute Gasteiger partial charge is 0.376 e. The van der Waals surface area contributed by atoms with Crippen LogP contribution in [0.1, 0.15) is 30.9 Å². The van der Waals surface area contributed by atoms with E-state index in [1.54, 1.807) is 0 Å². The van der Waals surface area contributed by atoms with Crippen LogP contribution >= 0.6 is 35.3 Å². The fraction of sp³-hybridized carbons (Fsp3) is 0.542. The van der Waals surface area contributed by atoms with E-state index >= 15 is 0 Å². The second-order valence-corrected chi connectivity index (χ2v) is 9.45. The van der Waals surface area contributed by atoms with Crippen LogP contribution in [0.4, 0.5) is 5.00 Å². The summed E-state index contributed by atoms with van der Waals surface area (Å²) in [5.74, 6) is 0.891. The van der Waals surface area contributed by atoms with Crippen molar-refractivity contribution in [3.05, 3.63) is 52.9 Å². The van der Waals surface area contributed by atoms with E-state index in [4.69, 9.17) is 4.74 Å². The number of benzene rings is 1. The third-order valence-electron chi connectivity index (χ3n) is 6.06. The molecular formula is C24H36IN5OS. The summed E-state index contributed by atoms with van der Waals surface area (Å²) in [5.41, 5.74) is 2.64. The molecule has 0 radical (unpaired) electrons. The first-order chi connectivity index (χ1) is 15.2. The van der Waals surface area contributed by atoms with Crippen molar-refractivity contribution in [3.63, 3.8) is 0 Å². The second kappa shape index (κ2) is 12.8. The zero-order valence-corrected chi connectivity index (χ0v) is 22.3. The number of guanidine groups is 1. The Balaban J connectivity index is 0.00000289. The van der Waals surface area contributed by atoms with Crippen LogP contribution in [0, 0.1) is 0 Å². The zero-order valence-electron chi connectivity index (χ0n) is 19.1. The molecule has 0 bridgehead atoms. The molecule has 8 heteroatoms. The first kappa shape index (κ1) is 25.3. The van der Waals surface area contributed by atoms with Gasteiger partial charge in [0.2, 0.25) is 0 Å². The van der Waals surface area contributed by atoms with Gasteiger partial charge >= 0.3 is 0 Å². The van der Waals surface area contributed by atoms with Crippen LogP contribution in [-0.2, 0) is 17.8 Å². The van der Waals surface area contributed by atoms with E-state index in [-0.39, 0.29) is 24.0 Å². The van der Waals surface area contributed by atoms with Gasteiger partial charge in [-0.25, -0.2) is 0 Å². The first-order valence-corrected chi connectivity index (χ1v) is 12.2. The number of anilines is 1. The number of ether oxygens (including phenoxy) is 1. The lowest BCUT2D eigenvalue weighted by Crippen LogP contribution is -2.48. The molecule has 0 spiro atoms. The number of thiophene rings is 1. The summed E-state index contributed by atoms with van der Waals surface area (Å²) in [7, 11) is 1.85. The molecule has 32 heavy (non-hydrogen) atoms. The Labute approximate surface area is 213 Å². The van der Waals surface area contributed by atoms with E-state index in [9.17, 15) is 0 Å². The van der Waals surface area contributed by atoms with Crippen LogP contribution in [-0.4, -0.2) is 62.8 Å². The molecule has 2 aromatic rings. The molecule has 1 unspecified atom stereocenters. The molecule has 0 saturated carbocycles. The molecule has 3 heterocycles. The molecular weight excluding hydrogens is 533 g/mol. The monoisotopic (exact) mass is 569 g/mol. The Morgan fingerprint density at radius 3 is 2.69 bits per heavy atom.